The van der Waals surface area contributed by atoms with Crippen LogP contribution in [0.2, 0.25) is 0 Å². The minimum atomic E-state index is -2.86. The predicted octanol–water partition coefficient (Wildman–Crippen LogP) is 8.25. The van der Waals surface area contributed by atoms with Crippen LogP contribution in [0.4, 0.5) is 0 Å². The molecule has 0 spiro atoms. The van der Waals surface area contributed by atoms with Crippen LogP contribution in [0, 0.1) is 51.2 Å². The zero-order valence-corrected chi connectivity index (χ0v) is 32.4. The minimum Gasteiger partial charge on any atom is -0.478 e. The molecule has 1 aromatic carbocycles. The van der Waals surface area contributed by atoms with Gasteiger partial charge in [-0.2, -0.15) is 0 Å². The highest BCUT2D eigenvalue weighted by molar-refractivity contribution is 7.92. The highest BCUT2D eigenvalue weighted by Gasteiger charge is 2.70. The molecule has 2 N–H and O–H groups in total. The van der Waals surface area contributed by atoms with Crippen molar-refractivity contribution in [2.24, 2.45) is 51.2 Å². The fraction of sp³-hybridized carbons (Fsp3) is 0.744. The molecule has 0 radical (unpaired) electrons. The van der Waals surface area contributed by atoms with E-state index in [1.54, 1.807) is 12.1 Å². The molecule has 5 aliphatic carbocycles. The van der Waals surface area contributed by atoms with E-state index in [-0.39, 0.29) is 38.5 Å². The largest absolute Gasteiger partial charge is 0.478 e. The van der Waals surface area contributed by atoms with Crippen molar-refractivity contribution >= 4 is 21.4 Å². The molecule has 7 aliphatic rings. The number of sulfone groups is 1. The Balaban J connectivity index is 1.05. The van der Waals surface area contributed by atoms with Gasteiger partial charge in [-0.1, -0.05) is 65.0 Å². The number of fused-ring (bicyclic) bond motifs is 9. The van der Waals surface area contributed by atoms with Gasteiger partial charge in [-0.25, -0.2) is 13.2 Å². The molecule has 2 heterocycles. The van der Waals surface area contributed by atoms with Crippen LogP contribution in [-0.4, -0.2) is 66.6 Å². The Morgan fingerprint density at radius 3 is 2.34 bits per heavy atom. The molecule has 11 atom stereocenters. The number of nitrogens with one attached hydrogen (secondary N) is 1. The molecule has 6 fully saturated rings. The molecule has 0 amide bonds. The lowest BCUT2D eigenvalue weighted by Gasteiger charge is -2.72. The zero-order chi connectivity index (χ0) is 35.6. The van der Waals surface area contributed by atoms with Gasteiger partial charge in [0.2, 0.25) is 0 Å². The molecule has 2 bridgehead atoms. The first-order valence-electron chi connectivity index (χ1n) is 19.9. The van der Waals surface area contributed by atoms with Crippen LogP contribution in [0.5, 0.6) is 0 Å². The summed E-state index contributed by atoms with van der Waals surface area (Å²) in [5.74, 6) is 2.61. The second kappa shape index (κ2) is 11.5. The second-order valence-corrected chi connectivity index (χ2v) is 21.9. The molecule has 0 aromatic heterocycles. The van der Waals surface area contributed by atoms with Crippen molar-refractivity contribution in [3.63, 3.8) is 0 Å². The number of benzene rings is 1. The lowest BCUT2D eigenvalue weighted by molar-refractivity contribution is -0.219. The molecule has 6 nitrogen and oxygen atoms in total. The summed E-state index contributed by atoms with van der Waals surface area (Å²) in [6.07, 6.45) is 14.6. The first-order valence-corrected chi connectivity index (χ1v) is 21.6. The monoisotopic (exact) mass is 702 g/mol. The van der Waals surface area contributed by atoms with Crippen molar-refractivity contribution in [1.29, 1.82) is 0 Å². The third-order valence-corrected chi connectivity index (χ3v) is 19.6. The van der Waals surface area contributed by atoms with Crippen molar-refractivity contribution in [2.75, 3.05) is 25.4 Å². The van der Waals surface area contributed by atoms with E-state index in [0.717, 1.165) is 32.5 Å². The van der Waals surface area contributed by atoms with Crippen LogP contribution in [0.15, 0.2) is 42.5 Å². The van der Waals surface area contributed by atoms with Crippen LogP contribution in [0.1, 0.15) is 122 Å². The van der Waals surface area contributed by atoms with Crippen LogP contribution in [0.3, 0.4) is 0 Å². The maximum atomic E-state index is 12.4. The summed E-state index contributed by atoms with van der Waals surface area (Å²) < 4.78 is 24.8. The average molecular weight is 703 g/mol. The van der Waals surface area contributed by atoms with E-state index in [0.29, 0.717) is 40.9 Å². The van der Waals surface area contributed by atoms with Gasteiger partial charge in [-0.3, -0.25) is 4.90 Å². The maximum absolute atomic E-state index is 12.4. The van der Waals surface area contributed by atoms with Gasteiger partial charge in [-0.15, -0.1) is 0 Å². The first kappa shape index (κ1) is 35.1. The third-order valence-electron chi connectivity index (χ3n) is 17.4. The standard InChI is InChI=1S/C43H62N2O4S/c1-27(2)32-14-19-43(44-22-23-45-25-31-24-30(45)26-50(31,48)49)21-20-41(6)34(37(32)43)12-13-36-40(5)17-15-33(28-8-10-29(11-9-28)38(46)47)39(3,4)35(40)16-18-42(36,41)7/h8-11,15,30-32,34-37,44H,1,12-14,16-26H2,2-7H3,(H,46,47)/t30?,31-,32-,34+,35-,36+,37+,40-,41+,42+,43-/m0/s1. The number of nitrogens with zero attached hydrogens (tertiary/aromatic N) is 1. The Labute approximate surface area is 301 Å². The molecule has 2 saturated heterocycles. The van der Waals surface area contributed by atoms with Gasteiger partial charge in [0, 0.05) is 31.2 Å². The quantitative estimate of drug-likeness (QED) is 0.279. The van der Waals surface area contributed by atoms with Crippen molar-refractivity contribution in [3.8, 4) is 0 Å². The van der Waals surface area contributed by atoms with E-state index in [1.165, 1.54) is 68.1 Å². The first-order chi connectivity index (χ1) is 23.5. The van der Waals surface area contributed by atoms with Gasteiger partial charge in [0.1, 0.15) is 0 Å². The number of likely N-dealkylation sites (tertiary alicyclic amines) is 1. The number of aromatic carboxylic acids is 1. The van der Waals surface area contributed by atoms with E-state index in [2.05, 4.69) is 64.4 Å². The molecule has 8 rings (SSSR count). The Morgan fingerprint density at radius 1 is 0.960 bits per heavy atom. The second-order valence-electron chi connectivity index (χ2n) is 19.5. The number of carbonyl (C=O) groups is 1. The summed E-state index contributed by atoms with van der Waals surface area (Å²) in [6.45, 7) is 22.5. The van der Waals surface area contributed by atoms with Crippen LogP contribution in [0.25, 0.3) is 5.57 Å². The Morgan fingerprint density at radius 2 is 1.70 bits per heavy atom. The summed E-state index contributed by atoms with van der Waals surface area (Å²) >= 11 is 0. The predicted molar refractivity (Wildman–Crippen MR) is 202 cm³/mol. The lowest BCUT2D eigenvalue weighted by atomic mass is 9.33. The van der Waals surface area contributed by atoms with Crippen LogP contribution in [-0.2, 0) is 9.84 Å². The molecular weight excluding hydrogens is 641 g/mol. The normalized spacial score (nSPS) is 45.6. The fourth-order valence-electron chi connectivity index (χ4n) is 14.8. The van der Waals surface area contributed by atoms with Crippen molar-refractivity contribution in [3.05, 3.63) is 53.6 Å². The molecular formula is C43H62N2O4S. The highest BCUT2D eigenvalue weighted by Crippen LogP contribution is 2.76. The number of carboxylic acids is 1. The summed E-state index contributed by atoms with van der Waals surface area (Å²) in [5, 5.41) is 13.6. The molecule has 7 heteroatoms. The highest BCUT2D eigenvalue weighted by atomic mass is 32.2. The van der Waals surface area contributed by atoms with Gasteiger partial charge in [0.15, 0.2) is 9.84 Å². The van der Waals surface area contributed by atoms with E-state index in [9.17, 15) is 18.3 Å². The van der Waals surface area contributed by atoms with E-state index < -0.39 is 15.8 Å². The number of hydrogen-bond acceptors (Lipinski definition) is 5. The minimum absolute atomic E-state index is 0.0119. The van der Waals surface area contributed by atoms with Gasteiger partial charge < -0.3 is 10.4 Å². The Kier molecular flexibility index (Phi) is 8.08. The van der Waals surface area contributed by atoms with Crippen LogP contribution < -0.4 is 5.32 Å². The molecule has 1 aromatic rings. The fourth-order valence-corrected chi connectivity index (χ4v) is 16.9. The number of allylic oxidation sites excluding steroid dienone is 3. The number of carboxylic acid groups (broad SMARTS) is 1. The summed E-state index contributed by atoms with van der Waals surface area (Å²) in [7, 11) is -2.86. The van der Waals surface area contributed by atoms with Crippen LogP contribution >= 0.6 is 0 Å². The SMILES string of the molecule is C=C(C)[C@@H]1CC[C@]2(NCCN3C[C@@H]4CC3CS4(=O)=O)CC[C@]3(C)[C@H](CC[C@@H]4[C@@]5(C)CC=C(c6ccc(C(=O)O)cc6)C(C)(C)[C@@H]5CC[C@]43C)[C@@H]12. The molecule has 2 aliphatic heterocycles. The van der Waals surface area contributed by atoms with Crippen molar-refractivity contribution < 1.29 is 18.3 Å². The molecule has 274 valence electrons. The summed E-state index contributed by atoms with van der Waals surface area (Å²) in [4.78, 5) is 14.0. The van der Waals surface area contributed by atoms with Gasteiger partial charge in [0.25, 0.3) is 0 Å². The van der Waals surface area contributed by atoms with E-state index in [4.69, 9.17) is 0 Å². The van der Waals surface area contributed by atoms with E-state index in [1.807, 2.05) is 12.1 Å². The third kappa shape index (κ3) is 4.83. The summed E-state index contributed by atoms with van der Waals surface area (Å²) in [5.41, 5.74) is 5.25. The van der Waals surface area contributed by atoms with Gasteiger partial charge >= 0.3 is 5.97 Å². The maximum Gasteiger partial charge on any atom is 0.335 e. The summed E-state index contributed by atoms with van der Waals surface area (Å²) in [6, 6.07) is 7.82. The average Bonchev–Trinajstić information content (AvgIpc) is 3.72. The topological polar surface area (TPSA) is 86.7 Å². The van der Waals surface area contributed by atoms with Gasteiger partial charge in [0.05, 0.1) is 16.6 Å². The Hall–Kier alpha value is -1.96. The lowest BCUT2D eigenvalue weighted by Crippen LogP contribution is -2.68. The van der Waals surface area contributed by atoms with E-state index >= 15 is 0 Å². The number of rotatable bonds is 7. The van der Waals surface area contributed by atoms with Crippen molar-refractivity contribution in [1.82, 2.24) is 10.2 Å². The molecule has 50 heavy (non-hydrogen) atoms. The van der Waals surface area contributed by atoms with Gasteiger partial charge in [-0.05, 0) is 146 Å². The Bertz CT molecular complexity index is 1720. The molecule has 4 saturated carbocycles. The smallest absolute Gasteiger partial charge is 0.335 e. The zero-order valence-electron chi connectivity index (χ0n) is 31.6. The molecule has 1 unspecified atom stereocenters. The van der Waals surface area contributed by atoms with Crippen molar-refractivity contribution in [2.45, 2.75) is 123 Å². The number of hydrogen-bond donors (Lipinski definition) is 2.